The van der Waals surface area contributed by atoms with Crippen LogP contribution in [0.3, 0.4) is 0 Å². The molecule has 0 aliphatic carbocycles. The number of carbonyl (C=O) groups is 1. The number of aromatic nitrogens is 2. The van der Waals surface area contributed by atoms with E-state index in [2.05, 4.69) is 21.7 Å². The first kappa shape index (κ1) is 16.1. The third kappa shape index (κ3) is 2.65. The molecule has 6 heteroatoms. The molecule has 0 atom stereocenters. The van der Waals surface area contributed by atoms with Crippen LogP contribution >= 0.6 is 0 Å². The fourth-order valence-corrected chi connectivity index (χ4v) is 3.23. The summed E-state index contributed by atoms with van der Waals surface area (Å²) < 4.78 is 10.6. The van der Waals surface area contributed by atoms with Crippen LogP contribution in [0.4, 0.5) is 5.82 Å². The van der Waals surface area contributed by atoms with E-state index in [0.29, 0.717) is 11.3 Å². The molecule has 0 aliphatic heterocycles. The highest BCUT2D eigenvalue weighted by atomic mass is 16.6. The van der Waals surface area contributed by atoms with E-state index in [9.17, 15) is 4.79 Å². The summed E-state index contributed by atoms with van der Waals surface area (Å²) in [6.07, 6.45) is 0. The fourth-order valence-electron chi connectivity index (χ4n) is 3.23. The van der Waals surface area contributed by atoms with Crippen LogP contribution in [0.25, 0.3) is 22.2 Å². The molecule has 2 aromatic heterocycles. The highest BCUT2D eigenvalue weighted by Gasteiger charge is 2.22. The number of furan rings is 1. The Morgan fingerprint density at radius 1 is 1.04 bits per heavy atom. The minimum Gasteiger partial charge on any atom is -0.451 e. The number of amides is 1. The lowest BCUT2D eigenvalue weighted by Crippen LogP contribution is -2.13. The maximum atomic E-state index is 12.8. The van der Waals surface area contributed by atoms with Crippen molar-refractivity contribution in [1.29, 1.82) is 0 Å². The van der Waals surface area contributed by atoms with Gasteiger partial charge in [0.05, 0.1) is 0 Å². The molecule has 0 radical (unpaired) electrons. The van der Waals surface area contributed by atoms with E-state index < -0.39 is 0 Å². The van der Waals surface area contributed by atoms with Gasteiger partial charge in [0.1, 0.15) is 5.58 Å². The van der Waals surface area contributed by atoms with Crippen molar-refractivity contribution in [2.75, 3.05) is 5.32 Å². The Morgan fingerprint density at radius 3 is 2.58 bits per heavy atom. The summed E-state index contributed by atoms with van der Waals surface area (Å²) in [5.74, 6) is 0.133. The van der Waals surface area contributed by atoms with E-state index in [1.807, 2.05) is 57.2 Å². The second-order valence-electron chi connectivity index (χ2n) is 6.29. The second kappa shape index (κ2) is 6.15. The van der Waals surface area contributed by atoms with Crippen molar-refractivity contribution in [3.8, 4) is 11.3 Å². The van der Waals surface area contributed by atoms with E-state index in [1.54, 1.807) is 0 Å². The Labute approximate surface area is 149 Å². The molecule has 0 unspecified atom stereocenters. The average Bonchev–Trinajstić information content (AvgIpc) is 3.20. The van der Waals surface area contributed by atoms with Crippen molar-refractivity contribution in [1.82, 2.24) is 10.3 Å². The largest absolute Gasteiger partial charge is 0.451 e. The van der Waals surface area contributed by atoms with Crippen molar-refractivity contribution in [3.63, 3.8) is 0 Å². The molecule has 0 spiro atoms. The summed E-state index contributed by atoms with van der Waals surface area (Å²) >= 11 is 0. The number of hydrogen-bond donors (Lipinski definition) is 1. The van der Waals surface area contributed by atoms with Gasteiger partial charge in [-0.1, -0.05) is 36.4 Å². The van der Waals surface area contributed by atoms with Gasteiger partial charge in [-0.25, -0.2) is 4.63 Å². The third-order valence-corrected chi connectivity index (χ3v) is 4.35. The minimum atomic E-state index is -0.386. The zero-order valence-corrected chi connectivity index (χ0v) is 14.7. The highest BCUT2D eigenvalue weighted by Crippen LogP contribution is 2.30. The van der Waals surface area contributed by atoms with Gasteiger partial charge in [-0.2, -0.15) is 0 Å². The van der Waals surface area contributed by atoms with Crippen molar-refractivity contribution in [2.45, 2.75) is 20.8 Å². The standard InChI is InChI=1S/C20H17N3O3/c1-11-9-12(2)16-13(3)18(25-15(16)10-11)20(24)21-19-17(22-26-23-19)14-7-5-4-6-8-14/h4-10H,1-3H3,(H,21,23,24). The number of aryl methyl sites for hydroxylation is 3. The summed E-state index contributed by atoms with van der Waals surface area (Å²) in [7, 11) is 0. The minimum absolute atomic E-state index is 0.258. The first-order chi connectivity index (χ1) is 12.5. The van der Waals surface area contributed by atoms with Crippen LogP contribution in [-0.4, -0.2) is 16.2 Å². The summed E-state index contributed by atoms with van der Waals surface area (Å²) in [6.45, 7) is 5.88. The zero-order valence-electron chi connectivity index (χ0n) is 14.7. The summed E-state index contributed by atoms with van der Waals surface area (Å²) in [6, 6.07) is 13.4. The van der Waals surface area contributed by atoms with Gasteiger partial charge in [-0.3, -0.25) is 10.1 Å². The molecule has 0 aliphatic rings. The van der Waals surface area contributed by atoms with E-state index >= 15 is 0 Å². The average molecular weight is 347 g/mol. The van der Waals surface area contributed by atoms with Crippen LogP contribution in [0.1, 0.15) is 27.2 Å². The zero-order chi connectivity index (χ0) is 18.3. The van der Waals surface area contributed by atoms with Gasteiger partial charge in [0.15, 0.2) is 11.5 Å². The normalized spacial score (nSPS) is 11.0. The lowest BCUT2D eigenvalue weighted by atomic mass is 10.0. The van der Waals surface area contributed by atoms with Crippen LogP contribution in [0.15, 0.2) is 51.5 Å². The van der Waals surface area contributed by atoms with Crippen LogP contribution in [-0.2, 0) is 0 Å². The smallest absolute Gasteiger partial charge is 0.292 e. The van der Waals surface area contributed by atoms with Crippen LogP contribution in [0, 0.1) is 20.8 Å². The number of hydrogen-bond acceptors (Lipinski definition) is 5. The maximum Gasteiger partial charge on any atom is 0.292 e. The molecule has 0 saturated heterocycles. The van der Waals surface area contributed by atoms with Crippen LogP contribution in [0.5, 0.6) is 0 Å². The third-order valence-electron chi connectivity index (χ3n) is 4.35. The second-order valence-corrected chi connectivity index (χ2v) is 6.29. The van der Waals surface area contributed by atoms with Crippen LogP contribution < -0.4 is 5.32 Å². The number of rotatable bonds is 3. The fraction of sp³-hybridized carbons (Fsp3) is 0.150. The molecule has 26 heavy (non-hydrogen) atoms. The number of nitrogens with zero attached hydrogens (tertiary/aromatic N) is 2. The predicted molar refractivity (Wildman–Crippen MR) is 98.1 cm³/mol. The van der Waals surface area contributed by atoms with E-state index in [0.717, 1.165) is 27.6 Å². The molecule has 2 aromatic carbocycles. The van der Waals surface area contributed by atoms with Gasteiger partial charge in [0, 0.05) is 16.5 Å². The van der Waals surface area contributed by atoms with Crippen molar-refractivity contribution >= 4 is 22.7 Å². The van der Waals surface area contributed by atoms with Gasteiger partial charge in [-0.15, -0.1) is 0 Å². The van der Waals surface area contributed by atoms with Gasteiger partial charge in [0.25, 0.3) is 5.91 Å². The lowest BCUT2D eigenvalue weighted by molar-refractivity contribution is 0.0997. The Morgan fingerprint density at radius 2 is 1.81 bits per heavy atom. The maximum absolute atomic E-state index is 12.8. The number of benzene rings is 2. The monoisotopic (exact) mass is 347 g/mol. The molecule has 2 heterocycles. The number of carbonyl (C=O) groups excluding carboxylic acids is 1. The molecule has 1 amide bonds. The molecular formula is C20H17N3O3. The molecule has 4 aromatic rings. The Hall–Kier alpha value is -3.41. The molecular weight excluding hydrogens is 330 g/mol. The molecule has 1 N–H and O–H groups in total. The van der Waals surface area contributed by atoms with E-state index in [4.69, 9.17) is 9.05 Å². The number of nitrogens with one attached hydrogen (secondary N) is 1. The molecule has 130 valence electrons. The highest BCUT2D eigenvalue weighted by molar-refractivity contribution is 6.07. The van der Waals surface area contributed by atoms with Gasteiger partial charge < -0.3 is 4.42 Å². The Bertz CT molecular complexity index is 1110. The summed E-state index contributed by atoms with van der Waals surface area (Å²) in [5.41, 5.74) is 4.94. The summed E-state index contributed by atoms with van der Waals surface area (Å²) in [4.78, 5) is 12.8. The quantitative estimate of drug-likeness (QED) is 0.583. The lowest BCUT2D eigenvalue weighted by Gasteiger charge is -2.02. The summed E-state index contributed by atoms with van der Waals surface area (Å²) in [5, 5.41) is 11.4. The first-order valence-corrected chi connectivity index (χ1v) is 8.24. The number of fused-ring (bicyclic) bond motifs is 1. The topological polar surface area (TPSA) is 81.2 Å². The van der Waals surface area contributed by atoms with E-state index in [-0.39, 0.29) is 17.5 Å². The number of anilines is 1. The molecule has 0 saturated carbocycles. The predicted octanol–water partition coefficient (Wildman–Crippen LogP) is 4.66. The van der Waals surface area contributed by atoms with Gasteiger partial charge in [0.2, 0.25) is 5.82 Å². The Kier molecular flexibility index (Phi) is 3.80. The van der Waals surface area contributed by atoms with Gasteiger partial charge in [-0.05, 0) is 48.3 Å². The first-order valence-electron chi connectivity index (χ1n) is 8.24. The Balaban J connectivity index is 1.71. The van der Waals surface area contributed by atoms with Crippen molar-refractivity contribution in [3.05, 3.63) is 64.9 Å². The SMILES string of the molecule is Cc1cc(C)c2c(C)c(C(=O)Nc3nonc3-c3ccccc3)oc2c1. The molecule has 0 bridgehead atoms. The molecule has 4 rings (SSSR count). The van der Waals surface area contributed by atoms with E-state index in [1.165, 1.54) is 0 Å². The van der Waals surface area contributed by atoms with Crippen molar-refractivity contribution < 1.29 is 13.8 Å². The molecule has 0 fully saturated rings. The van der Waals surface area contributed by atoms with Crippen molar-refractivity contribution in [2.24, 2.45) is 0 Å². The molecule has 6 nitrogen and oxygen atoms in total. The van der Waals surface area contributed by atoms with Crippen LogP contribution in [0.2, 0.25) is 0 Å². The van der Waals surface area contributed by atoms with Gasteiger partial charge >= 0.3 is 0 Å².